The molecule has 0 amide bonds. The first-order chi connectivity index (χ1) is 6.72. The van der Waals surface area contributed by atoms with Gasteiger partial charge in [0.25, 0.3) is 0 Å². The molecule has 1 rings (SSSR count). The molecule has 2 N–H and O–H groups in total. The van der Waals surface area contributed by atoms with Crippen LogP contribution in [0.5, 0.6) is 0 Å². The Morgan fingerprint density at radius 2 is 2.29 bits per heavy atom. The van der Waals surface area contributed by atoms with Gasteiger partial charge in [-0.3, -0.25) is 0 Å². The Morgan fingerprint density at radius 3 is 2.79 bits per heavy atom. The normalized spacial score (nSPS) is 20.5. The summed E-state index contributed by atoms with van der Waals surface area (Å²) >= 11 is 0. The Bertz CT molecular complexity index is 233. The molecule has 14 heavy (non-hydrogen) atoms. The summed E-state index contributed by atoms with van der Waals surface area (Å²) in [5.74, 6) is 0.564. The first-order valence-electron chi connectivity index (χ1n) is 5.35. The smallest absolute Gasteiger partial charge is 0.0416 e. The summed E-state index contributed by atoms with van der Waals surface area (Å²) in [6.07, 6.45) is 3.10. The molecule has 0 bridgehead atoms. The predicted octanol–water partition coefficient (Wildman–Crippen LogP) is 1.82. The van der Waals surface area contributed by atoms with Gasteiger partial charge in [-0.25, -0.2) is 5.01 Å². The van der Waals surface area contributed by atoms with Crippen LogP contribution in [-0.4, -0.2) is 18.1 Å². The van der Waals surface area contributed by atoms with Crippen LogP contribution in [0.1, 0.15) is 27.2 Å². The van der Waals surface area contributed by atoms with Gasteiger partial charge in [-0.2, -0.15) is 5.53 Å². The summed E-state index contributed by atoms with van der Waals surface area (Å²) in [5, 5.41) is 2.13. The van der Waals surface area contributed by atoms with Gasteiger partial charge in [0, 0.05) is 18.8 Å². The van der Waals surface area contributed by atoms with Gasteiger partial charge in [0.1, 0.15) is 0 Å². The monoisotopic (exact) mass is 195 g/mol. The van der Waals surface area contributed by atoms with Crippen molar-refractivity contribution in [3.63, 3.8) is 0 Å². The van der Waals surface area contributed by atoms with E-state index in [9.17, 15) is 0 Å². The van der Waals surface area contributed by atoms with E-state index in [0.29, 0.717) is 5.92 Å². The maximum Gasteiger partial charge on any atom is 0.0416 e. The molecule has 1 aliphatic rings. The Balaban J connectivity index is 2.79. The summed E-state index contributed by atoms with van der Waals surface area (Å²) in [6.45, 7) is 12.3. The van der Waals surface area contributed by atoms with E-state index < -0.39 is 0 Å². The molecule has 0 saturated heterocycles. The number of hydrogen-bond acceptors (Lipinski definition) is 3. The van der Waals surface area contributed by atoms with E-state index in [2.05, 4.69) is 43.3 Å². The average Bonchev–Trinajstić information content (AvgIpc) is 2.27. The first kappa shape index (κ1) is 11.3. The van der Waals surface area contributed by atoms with Crippen LogP contribution in [0.4, 0.5) is 0 Å². The van der Waals surface area contributed by atoms with Crippen LogP contribution in [0.25, 0.3) is 0 Å². The number of allylic oxidation sites excluding steroid dienone is 1. The SMILES string of the molecule is C=CC1=C(C(C)CC)NNN(CC)C1. The molecule has 0 aliphatic carbocycles. The molecule has 1 atom stereocenters. The van der Waals surface area contributed by atoms with E-state index in [1.807, 2.05) is 6.08 Å². The Kier molecular flexibility index (Phi) is 4.17. The molecule has 0 aromatic heterocycles. The summed E-state index contributed by atoms with van der Waals surface area (Å²) < 4.78 is 0. The minimum absolute atomic E-state index is 0.564. The number of nitrogens with one attached hydrogen (secondary N) is 2. The molecule has 3 heteroatoms. The Labute approximate surface area is 86.8 Å². The van der Waals surface area contributed by atoms with Gasteiger partial charge in [0.2, 0.25) is 0 Å². The van der Waals surface area contributed by atoms with Crippen molar-refractivity contribution in [3.05, 3.63) is 23.9 Å². The largest absolute Gasteiger partial charge is 0.312 e. The van der Waals surface area contributed by atoms with Crippen molar-refractivity contribution in [1.29, 1.82) is 0 Å². The topological polar surface area (TPSA) is 27.3 Å². The second kappa shape index (κ2) is 5.17. The fourth-order valence-corrected chi connectivity index (χ4v) is 1.56. The van der Waals surface area contributed by atoms with Crippen molar-refractivity contribution in [1.82, 2.24) is 16.0 Å². The van der Waals surface area contributed by atoms with Crippen molar-refractivity contribution < 1.29 is 0 Å². The summed E-state index contributed by atoms with van der Waals surface area (Å²) in [5.41, 5.74) is 9.02. The molecule has 1 heterocycles. The maximum absolute atomic E-state index is 3.87. The predicted molar refractivity (Wildman–Crippen MR) is 60.2 cm³/mol. The third-order valence-electron chi connectivity index (χ3n) is 2.79. The molecule has 0 radical (unpaired) electrons. The number of hydrazine groups is 2. The van der Waals surface area contributed by atoms with Crippen molar-refractivity contribution in [2.45, 2.75) is 27.2 Å². The Morgan fingerprint density at radius 1 is 1.57 bits per heavy atom. The van der Waals surface area contributed by atoms with Crippen LogP contribution < -0.4 is 11.0 Å². The fourth-order valence-electron chi connectivity index (χ4n) is 1.56. The number of hydrogen-bond donors (Lipinski definition) is 2. The van der Waals surface area contributed by atoms with Crippen molar-refractivity contribution in [3.8, 4) is 0 Å². The highest BCUT2D eigenvalue weighted by Gasteiger charge is 2.18. The lowest BCUT2D eigenvalue weighted by molar-refractivity contribution is 0.165. The second-order valence-corrected chi connectivity index (χ2v) is 3.70. The summed E-state index contributed by atoms with van der Waals surface area (Å²) in [6, 6.07) is 0. The third kappa shape index (κ3) is 2.36. The lowest BCUT2D eigenvalue weighted by Crippen LogP contribution is -2.52. The van der Waals surface area contributed by atoms with E-state index in [4.69, 9.17) is 0 Å². The number of rotatable bonds is 4. The maximum atomic E-state index is 3.87. The number of likely N-dealkylation sites (N-methyl/N-ethyl adjacent to an activating group) is 1. The van der Waals surface area contributed by atoms with Gasteiger partial charge < -0.3 is 5.43 Å². The van der Waals surface area contributed by atoms with Gasteiger partial charge in [0.15, 0.2) is 0 Å². The zero-order valence-electron chi connectivity index (χ0n) is 9.43. The van der Waals surface area contributed by atoms with Gasteiger partial charge in [-0.1, -0.05) is 33.4 Å². The highest BCUT2D eigenvalue weighted by atomic mass is 15.7. The van der Waals surface area contributed by atoms with Gasteiger partial charge in [-0.15, -0.1) is 0 Å². The van der Waals surface area contributed by atoms with E-state index in [-0.39, 0.29) is 0 Å². The van der Waals surface area contributed by atoms with E-state index >= 15 is 0 Å². The zero-order chi connectivity index (χ0) is 10.6. The molecular formula is C11H21N3. The molecular weight excluding hydrogens is 174 g/mol. The number of nitrogens with zero attached hydrogens (tertiary/aromatic N) is 1. The average molecular weight is 195 g/mol. The quantitative estimate of drug-likeness (QED) is 0.716. The zero-order valence-corrected chi connectivity index (χ0v) is 9.43. The van der Waals surface area contributed by atoms with Crippen LogP contribution >= 0.6 is 0 Å². The highest BCUT2D eigenvalue weighted by molar-refractivity contribution is 5.27. The molecule has 1 aliphatic heterocycles. The molecule has 0 aromatic rings. The molecule has 0 spiro atoms. The van der Waals surface area contributed by atoms with Crippen molar-refractivity contribution >= 4 is 0 Å². The Hall–Kier alpha value is -0.800. The van der Waals surface area contributed by atoms with Gasteiger partial charge >= 0.3 is 0 Å². The van der Waals surface area contributed by atoms with Crippen molar-refractivity contribution in [2.24, 2.45) is 5.92 Å². The standard InChI is InChI=1S/C11H21N3/c1-5-9(4)11-10(6-2)8-14(7-3)13-12-11/h6,9,12-13H,2,5,7-8H2,1,3-4H3. The molecule has 3 nitrogen and oxygen atoms in total. The van der Waals surface area contributed by atoms with Crippen LogP contribution in [0.2, 0.25) is 0 Å². The van der Waals surface area contributed by atoms with Crippen LogP contribution in [0.3, 0.4) is 0 Å². The molecule has 80 valence electrons. The van der Waals surface area contributed by atoms with Gasteiger partial charge in [-0.05, 0) is 17.9 Å². The van der Waals surface area contributed by atoms with E-state index in [1.165, 1.54) is 11.3 Å². The minimum Gasteiger partial charge on any atom is -0.312 e. The summed E-state index contributed by atoms with van der Waals surface area (Å²) in [7, 11) is 0. The highest BCUT2D eigenvalue weighted by Crippen LogP contribution is 2.18. The molecule has 0 saturated carbocycles. The van der Waals surface area contributed by atoms with E-state index in [1.54, 1.807) is 0 Å². The first-order valence-corrected chi connectivity index (χ1v) is 5.35. The van der Waals surface area contributed by atoms with Gasteiger partial charge in [0.05, 0.1) is 0 Å². The fraction of sp³-hybridized carbons (Fsp3) is 0.636. The lowest BCUT2D eigenvalue weighted by atomic mass is 9.99. The molecule has 1 unspecified atom stereocenters. The summed E-state index contributed by atoms with van der Waals surface area (Å²) in [4.78, 5) is 0. The van der Waals surface area contributed by atoms with Crippen molar-refractivity contribution in [2.75, 3.05) is 13.1 Å². The van der Waals surface area contributed by atoms with E-state index in [0.717, 1.165) is 19.5 Å². The third-order valence-corrected chi connectivity index (χ3v) is 2.79. The van der Waals surface area contributed by atoms with Crippen LogP contribution in [0, 0.1) is 5.92 Å². The minimum atomic E-state index is 0.564. The second-order valence-electron chi connectivity index (χ2n) is 3.70. The molecule has 0 fully saturated rings. The van der Waals surface area contributed by atoms with Crippen LogP contribution in [0.15, 0.2) is 23.9 Å². The molecule has 0 aromatic carbocycles. The van der Waals surface area contributed by atoms with Crippen LogP contribution in [-0.2, 0) is 0 Å². The lowest BCUT2D eigenvalue weighted by Gasteiger charge is -2.33.